The van der Waals surface area contributed by atoms with Crippen LogP contribution in [0.2, 0.25) is 0 Å². The van der Waals surface area contributed by atoms with Gasteiger partial charge in [0.1, 0.15) is 11.6 Å². The summed E-state index contributed by atoms with van der Waals surface area (Å²) in [6.45, 7) is 6.89. The van der Waals surface area contributed by atoms with Crippen molar-refractivity contribution in [3.63, 3.8) is 0 Å². The van der Waals surface area contributed by atoms with E-state index >= 15 is 4.39 Å². The Morgan fingerprint density at radius 1 is 0.893 bits per heavy atom. The highest BCUT2D eigenvalue weighted by Crippen LogP contribution is 2.23. The van der Waals surface area contributed by atoms with Gasteiger partial charge in [0.05, 0.1) is 6.04 Å². The summed E-state index contributed by atoms with van der Waals surface area (Å²) < 4.78 is 20.4. The van der Waals surface area contributed by atoms with Crippen molar-refractivity contribution in [2.75, 3.05) is 0 Å². The van der Waals surface area contributed by atoms with Crippen LogP contribution in [0.4, 0.5) is 9.18 Å². The topological polar surface area (TPSA) is 67.4 Å². The van der Waals surface area contributed by atoms with Gasteiger partial charge < -0.3 is 15.4 Å². The van der Waals surface area contributed by atoms with Gasteiger partial charge in [-0.15, -0.1) is 0 Å². The first-order valence-electron chi connectivity index (χ1n) is 9.21. The van der Waals surface area contributed by atoms with Crippen molar-refractivity contribution < 1.29 is 18.7 Å². The normalized spacial score (nSPS) is 14.5. The van der Waals surface area contributed by atoms with Gasteiger partial charge in [0.15, 0.2) is 6.17 Å². The second kappa shape index (κ2) is 9.35. The molecule has 2 aromatic rings. The maximum atomic E-state index is 15.2. The predicted molar refractivity (Wildman–Crippen MR) is 106 cm³/mol. The molecule has 0 spiro atoms. The molecule has 0 heterocycles. The van der Waals surface area contributed by atoms with E-state index in [1.165, 1.54) is 0 Å². The lowest BCUT2D eigenvalue weighted by Crippen LogP contribution is -2.50. The molecule has 0 fully saturated rings. The summed E-state index contributed by atoms with van der Waals surface area (Å²) in [7, 11) is 0. The molecule has 0 aliphatic carbocycles. The number of hydrogen-bond acceptors (Lipinski definition) is 3. The minimum atomic E-state index is -1.73. The number of hydrogen-bond donors (Lipinski definition) is 2. The Morgan fingerprint density at radius 3 is 1.89 bits per heavy atom. The number of amides is 2. The SMILES string of the molecule is C[C@@H](NC(=O)[C@@H](NC(=O)OC(C)(C)C)[C@H](F)c1ccccc1)c1ccccc1. The van der Waals surface area contributed by atoms with E-state index in [0.717, 1.165) is 5.56 Å². The van der Waals surface area contributed by atoms with Gasteiger partial charge in [0, 0.05) is 0 Å². The number of benzene rings is 2. The molecule has 0 saturated carbocycles. The van der Waals surface area contributed by atoms with Gasteiger partial charge >= 0.3 is 6.09 Å². The second-order valence-corrected chi connectivity index (χ2v) is 7.58. The molecule has 3 atom stereocenters. The van der Waals surface area contributed by atoms with E-state index in [1.807, 2.05) is 30.3 Å². The van der Waals surface area contributed by atoms with E-state index in [1.54, 1.807) is 58.0 Å². The molecule has 6 heteroatoms. The Morgan fingerprint density at radius 2 is 1.39 bits per heavy atom. The summed E-state index contributed by atoms with van der Waals surface area (Å²) in [5.74, 6) is -0.626. The van der Waals surface area contributed by atoms with Crippen LogP contribution in [-0.2, 0) is 9.53 Å². The number of alkyl halides is 1. The van der Waals surface area contributed by atoms with Gasteiger partial charge in [-0.25, -0.2) is 9.18 Å². The summed E-state index contributed by atoms with van der Waals surface area (Å²) in [5.41, 5.74) is 0.411. The molecule has 2 aromatic carbocycles. The van der Waals surface area contributed by atoms with Crippen molar-refractivity contribution in [1.82, 2.24) is 10.6 Å². The third-order valence-electron chi connectivity index (χ3n) is 4.02. The quantitative estimate of drug-likeness (QED) is 0.770. The fourth-order valence-electron chi connectivity index (χ4n) is 2.66. The van der Waals surface area contributed by atoms with Gasteiger partial charge in [-0.2, -0.15) is 0 Å². The highest BCUT2D eigenvalue weighted by molar-refractivity contribution is 5.86. The maximum absolute atomic E-state index is 15.2. The second-order valence-electron chi connectivity index (χ2n) is 7.58. The number of halogens is 1. The highest BCUT2D eigenvalue weighted by atomic mass is 19.1. The summed E-state index contributed by atoms with van der Waals surface area (Å²) in [6, 6.07) is 15.8. The largest absolute Gasteiger partial charge is 0.444 e. The smallest absolute Gasteiger partial charge is 0.408 e. The summed E-state index contributed by atoms with van der Waals surface area (Å²) in [5, 5.41) is 5.15. The summed E-state index contributed by atoms with van der Waals surface area (Å²) in [4.78, 5) is 25.0. The van der Waals surface area contributed by atoms with Crippen LogP contribution in [0, 0.1) is 0 Å². The summed E-state index contributed by atoms with van der Waals surface area (Å²) in [6.07, 6.45) is -2.57. The van der Waals surface area contributed by atoms with Crippen molar-refractivity contribution in [3.8, 4) is 0 Å². The predicted octanol–water partition coefficient (Wildman–Crippen LogP) is 4.47. The molecule has 2 amide bonds. The number of carbonyl (C=O) groups is 2. The van der Waals surface area contributed by atoms with Crippen LogP contribution < -0.4 is 10.6 Å². The Hall–Kier alpha value is -2.89. The molecule has 5 nitrogen and oxygen atoms in total. The summed E-state index contributed by atoms with van der Waals surface area (Å²) >= 11 is 0. The standard InChI is InChI=1S/C22H27FN2O3/c1-15(16-11-7-5-8-12-16)24-20(26)19(25-21(27)28-22(2,3)4)18(23)17-13-9-6-10-14-17/h5-15,18-19H,1-4H3,(H,24,26)(H,25,27)/t15-,18-,19+/m1/s1. The lowest BCUT2D eigenvalue weighted by atomic mass is 10.0. The highest BCUT2D eigenvalue weighted by Gasteiger charge is 2.33. The van der Waals surface area contributed by atoms with E-state index < -0.39 is 29.8 Å². The van der Waals surface area contributed by atoms with E-state index in [2.05, 4.69) is 10.6 Å². The molecule has 0 aromatic heterocycles. The number of carbonyl (C=O) groups excluding carboxylic acids is 2. The van der Waals surface area contributed by atoms with Crippen molar-refractivity contribution >= 4 is 12.0 Å². The fraction of sp³-hybridized carbons (Fsp3) is 0.364. The molecule has 0 bridgehead atoms. The van der Waals surface area contributed by atoms with Crippen LogP contribution in [-0.4, -0.2) is 23.6 Å². The zero-order valence-electron chi connectivity index (χ0n) is 16.6. The lowest BCUT2D eigenvalue weighted by Gasteiger charge is -2.26. The van der Waals surface area contributed by atoms with Crippen LogP contribution in [0.15, 0.2) is 60.7 Å². The molecular weight excluding hydrogens is 359 g/mol. The average Bonchev–Trinajstić information content (AvgIpc) is 2.65. The first-order chi connectivity index (χ1) is 13.2. The van der Waals surface area contributed by atoms with Crippen molar-refractivity contribution in [2.24, 2.45) is 0 Å². The van der Waals surface area contributed by atoms with E-state index in [9.17, 15) is 9.59 Å². The van der Waals surface area contributed by atoms with Crippen LogP contribution in [0.3, 0.4) is 0 Å². The molecule has 0 unspecified atom stereocenters. The van der Waals surface area contributed by atoms with Crippen molar-refractivity contribution in [1.29, 1.82) is 0 Å². The first kappa shape index (κ1) is 21.4. The van der Waals surface area contributed by atoms with E-state index in [-0.39, 0.29) is 6.04 Å². The van der Waals surface area contributed by atoms with E-state index in [4.69, 9.17) is 4.74 Å². The number of nitrogens with one attached hydrogen (secondary N) is 2. The van der Waals surface area contributed by atoms with Crippen LogP contribution >= 0.6 is 0 Å². The maximum Gasteiger partial charge on any atom is 0.408 e. The third kappa shape index (κ3) is 6.37. The molecular formula is C22H27FN2O3. The zero-order chi connectivity index (χ0) is 20.7. The zero-order valence-corrected chi connectivity index (χ0v) is 16.6. The minimum absolute atomic E-state index is 0.297. The van der Waals surface area contributed by atoms with Crippen LogP contribution in [0.5, 0.6) is 0 Å². The van der Waals surface area contributed by atoms with E-state index in [0.29, 0.717) is 5.56 Å². The van der Waals surface area contributed by atoms with Gasteiger partial charge in [-0.05, 0) is 38.8 Å². The molecule has 28 heavy (non-hydrogen) atoms. The first-order valence-corrected chi connectivity index (χ1v) is 9.21. The van der Waals surface area contributed by atoms with Crippen LogP contribution in [0.1, 0.15) is 51.0 Å². The Kier molecular flexibility index (Phi) is 7.15. The minimum Gasteiger partial charge on any atom is -0.444 e. The Bertz CT molecular complexity index is 775. The van der Waals surface area contributed by atoms with Gasteiger partial charge in [0.2, 0.25) is 5.91 Å². The van der Waals surface area contributed by atoms with Gasteiger partial charge in [0.25, 0.3) is 0 Å². The van der Waals surface area contributed by atoms with Gasteiger partial charge in [-0.1, -0.05) is 60.7 Å². The average molecular weight is 386 g/mol. The Labute approximate surface area is 165 Å². The molecule has 0 saturated heterocycles. The number of ether oxygens (including phenoxy) is 1. The van der Waals surface area contributed by atoms with Gasteiger partial charge in [-0.3, -0.25) is 4.79 Å². The molecule has 0 aliphatic heterocycles. The van der Waals surface area contributed by atoms with Crippen LogP contribution in [0.25, 0.3) is 0 Å². The number of rotatable bonds is 6. The third-order valence-corrected chi connectivity index (χ3v) is 4.02. The molecule has 2 N–H and O–H groups in total. The molecule has 150 valence electrons. The monoisotopic (exact) mass is 386 g/mol. The lowest BCUT2D eigenvalue weighted by molar-refractivity contribution is -0.125. The Balaban J connectivity index is 2.19. The fourth-order valence-corrected chi connectivity index (χ4v) is 2.66. The molecule has 2 rings (SSSR count). The molecule has 0 radical (unpaired) electrons. The number of alkyl carbamates (subject to hydrolysis) is 1. The van der Waals surface area contributed by atoms with Crippen molar-refractivity contribution in [2.45, 2.75) is 51.6 Å². The molecule has 0 aliphatic rings. The van der Waals surface area contributed by atoms with Crippen molar-refractivity contribution in [3.05, 3.63) is 71.8 Å².